The minimum atomic E-state index is -0.330. The van der Waals surface area contributed by atoms with Crippen molar-refractivity contribution >= 4 is 52.0 Å². The lowest BCUT2D eigenvalue weighted by molar-refractivity contribution is -0.273. The van der Waals surface area contributed by atoms with Crippen LogP contribution in [0.25, 0.3) is 0 Å². The Bertz CT molecular complexity index is 4280. The van der Waals surface area contributed by atoms with E-state index in [-0.39, 0.29) is 58.3 Å². The molecule has 1 spiro atoms. The summed E-state index contributed by atoms with van der Waals surface area (Å²) in [5, 5.41) is 0. The van der Waals surface area contributed by atoms with Gasteiger partial charge in [-0.1, -0.05) is 158 Å². The summed E-state index contributed by atoms with van der Waals surface area (Å²) >= 11 is 0. The number of carbonyl (C=O) groups excluding carboxylic acids is 3. The molecule has 17 rings (SSSR count). The van der Waals surface area contributed by atoms with Gasteiger partial charge in [-0.15, -0.1) is 0 Å². The lowest BCUT2D eigenvalue weighted by atomic mass is 9.43. The first-order valence-corrected chi connectivity index (χ1v) is 48.2. The largest absolute Gasteiger partial charge is 0.459 e. The molecule has 14 nitrogen and oxygen atoms in total. The maximum Gasteiger partial charge on any atom is 0.338 e. The summed E-state index contributed by atoms with van der Waals surface area (Å²) < 4.78 is 31.8. The molecule has 2 saturated heterocycles. The van der Waals surface area contributed by atoms with E-state index in [2.05, 4.69) is 130 Å². The van der Waals surface area contributed by atoms with Crippen molar-refractivity contribution in [3.63, 3.8) is 0 Å². The maximum atomic E-state index is 13.2. The molecule has 11 fully saturated rings. The molecule has 27 unspecified atom stereocenters. The summed E-state index contributed by atoms with van der Waals surface area (Å²) in [7, 11) is 0. The van der Waals surface area contributed by atoms with Crippen molar-refractivity contribution < 1.29 is 38.1 Å². The van der Waals surface area contributed by atoms with Gasteiger partial charge in [0.15, 0.2) is 5.79 Å². The Morgan fingerprint density at radius 3 is 1.71 bits per heavy atom. The lowest BCUT2D eigenvalue weighted by Gasteiger charge is -2.62. The number of esters is 3. The monoisotopic (exact) mass is 1630 g/mol. The molecule has 14 heteroatoms. The molecule has 0 radical (unpaired) electrons. The summed E-state index contributed by atoms with van der Waals surface area (Å²) in [6.45, 7) is 42.8. The summed E-state index contributed by atoms with van der Waals surface area (Å²) in [5.74, 6) is 10.6. The highest BCUT2D eigenvalue weighted by atomic mass is 16.7. The number of hydrogen-bond acceptors (Lipinski definition) is 14. The van der Waals surface area contributed by atoms with Crippen LogP contribution < -0.4 is 34.4 Å². The second-order valence-corrected chi connectivity index (χ2v) is 45.7. The van der Waals surface area contributed by atoms with Gasteiger partial charge >= 0.3 is 17.9 Å². The van der Waals surface area contributed by atoms with E-state index in [1.165, 1.54) is 147 Å². The Kier molecular flexibility index (Phi) is 24.5. The average molecular weight is 1630 g/mol. The van der Waals surface area contributed by atoms with E-state index in [4.69, 9.17) is 58.1 Å². The van der Waals surface area contributed by atoms with Crippen molar-refractivity contribution in [2.24, 2.45) is 138 Å². The fraction of sp³-hybridized carbons (Fsp3) is 0.743. The molecule has 2 aliphatic heterocycles. The molecule has 0 bridgehead atoms. The Morgan fingerprint density at radius 1 is 0.513 bits per heavy atom. The van der Waals surface area contributed by atoms with Crippen LogP contribution in [0.3, 0.4) is 0 Å². The van der Waals surface area contributed by atoms with Gasteiger partial charge in [-0.25, -0.2) is 14.4 Å². The first-order valence-electron chi connectivity index (χ1n) is 48.2. The third-order valence-electron chi connectivity index (χ3n) is 38.2. The van der Waals surface area contributed by atoms with E-state index in [1.54, 1.807) is 65.7 Å². The Labute approximate surface area is 717 Å². The zero-order chi connectivity index (χ0) is 85.2. The van der Waals surface area contributed by atoms with E-state index in [9.17, 15) is 14.4 Å². The molecule has 2 heterocycles. The predicted octanol–water partition coefficient (Wildman–Crippen LogP) is 24.7. The van der Waals surface area contributed by atoms with E-state index in [0.717, 1.165) is 129 Å². The van der Waals surface area contributed by atoms with Crippen molar-refractivity contribution in [3.05, 3.63) is 106 Å². The molecule has 12 aliphatic carbocycles. The van der Waals surface area contributed by atoms with Crippen LogP contribution in [0, 0.1) is 138 Å². The zero-order valence-corrected chi connectivity index (χ0v) is 76.8. The van der Waals surface area contributed by atoms with Crippen LogP contribution in [0.15, 0.2) is 89.0 Å². The predicted molar refractivity (Wildman–Crippen MR) is 485 cm³/mol. The van der Waals surface area contributed by atoms with E-state index in [0.29, 0.717) is 114 Å². The molecule has 3 aromatic carbocycles. The van der Waals surface area contributed by atoms with Gasteiger partial charge in [-0.05, 0) is 362 Å². The van der Waals surface area contributed by atoms with Crippen LogP contribution in [0.5, 0.6) is 0 Å². The third kappa shape index (κ3) is 15.9. The Hall–Kier alpha value is -5.99. The van der Waals surface area contributed by atoms with Gasteiger partial charge in [-0.2, -0.15) is 0 Å². The number of nitrogens with two attached hydrogens (primary N) is 6. The van der Waals surface area contributed by atoms with Gasteiger partial charge < -0.3 is 58.1 Å². The summed E-state index contributed by atoms with van der Waals surface area (Å²) in [6.07, 6.45) is 43.1. The average Bonchev–Trinajstić information content (AvgIpc) is 1.62. The number of carbonyl (C=O) groups is 3. The summed E-state index contributed by atoms with van der Waals surface area (Å²) in [5.41, 5.74) is 48.8. The molecule has 9 saturated carbocycles. The number of benzene rings is 3. The fourth-order valence-corrected chi connectivity index (χ4v) is 31.8. The van der Waals surface area contributed by atoms with Gasteiger partial charge in [-0.3, -0.25) is 0 Å². The number of ether oxygens (including phenoxy) is 5. The highest BCUT2D eigenvalue weighted by Gasteiger charge is 2.70. The molecule has 656 valence electrons. The number of fused-ring (bicyclic) bond motifs is 16. The van der Waals surface area contributed by atoms with E-state index in [1.807, 2.05) is 5.57 Å². The standard InChI is InChI=1S/C37H56N2O2.C34H50N2O4.C34H52N2O2/c1-23(2)10-9-11-24(3)28-14-18-37(8)30-12-13-31-34(4,5)32(41-33(40)25-20-26(38)22-27(39)21-25)16-17-35(31,6)29(30)15-19-36(28,37)7;1-19-7-12-34(38-18-19)20(2)30-29(40-34)17-28-26-6-5-22-15-25(39-31(37)21-13-23(35)16-24(36)14-21)8-10-32(22,3)27(26)9-11-33(28,30)4;1-21(2)7-6-8-22(3)29-11-12-30-28-10-9-24-19-27(38-32(37)23-17-25(35)20-26(36)18-23)13-15-33(24,4)31(28)14-16-34(29,30)5/h10,20-22,24,28,31-32H,9,11-19,38-39H2,1-8H3;13-14,16,19-20,22,25-30H,5-12,15,17-18,35-36H2,1-4H3;9,17-18,20-22,27-31H,6-8,10-16,19,35-36H2,1-5H3. The first kappa shape index (κ1) is 87.9. The number of anilines is 6. The normalized spacial score (nSPS) is 41.1. The summed E-state index contributed by atoms with van der Waals surface area (Å²) in [4.78, 5) is 39.0. The molecule has 12 N–H and O–H groups in total. The van der Waals surface area contributed by atoms with Crippen LogP contribution in [0.2, 0.25) is 0 Å². The molecule has 119 heavy (non-hydrogen) atoms. The van der Waals surface area contributed by atoms with Gasteiger partial charge in [0, 0.05) is 58.3 Å². The van der Waals surface area contributed by atoms with Crippen molar-refractivity contribution in [3.8, 4) is 0 Å². The Morgan fingerprint density at radius 2 is 1.09 bits per heavy atom. The van der Waals surface area contributed by atoms with E-state index < -0.39 is 0 Å². The maximum absolute atomic E-state index is 13.2. The number of hydrogen-bond donors (Lipinski definition) is 6. The zero-order valence-electron chi connectivity index (χ0n) is 76.8. The second-order valence-electron chi connectivity index (χ2n) is 45.7. The molecular formula is C105H158N6O8. The second kappa shape index (κ2) is 33.2. The smallest absolute Gasteiger partial charge is 0.338 e. The van der Waals surface area contributed by atoms with Crippen molar-refractivity contribution in [2.75, 3.05) is 41.0 Å². The first-order chi connectivity index (χ1) is 56.2. The molecule has 0 amide bonds. The fourth-order valence-electron chi connectivity index (χ4n) is 31.8. The highest BCUT2D eigenvalue weighted by Crippen LogP contribution is 2.75. The van der Waals surface area contributed by atoms with Crippen LogP contribution in [0.1, 0.15) is 348 Å². The number of allylic oxidation sites excluding steroid dienone is 5. The van der Waals surface area contributed by atoms with Crippen LogP contribution >= 0.6 is 0 Å². The van der Waals surface area contributed by atoms with Gasteiger partial charge in [0.05, 0.1) is 29.4 Å². The lowest BCUT2D eigenvalue weighted by Crippen LogP contribution is -2.55. The van der Waals surface area contributed by atoms with Gasteiger partial charge in [0.1, 0.15) is 18.3 Å². The van der Waals surface area contributed by atoms with Crippen LogP contribution in [-0.2, 0) is 23.7 Å². The minimum Gasteiger partial charge on any atom is -0.459 e. The topological polar surface area (TPSA) is 253 Å². The van der Waals surface area contributed by atoms with Crippen LogP contribution in [-0.4, -0.2) is 54.7 Å². The minimum absolute atomic E-state index is 0.0203. The van der Waals surface area contributed by atoms with Gasteiger partial charge in [0.2, 0.25) is 0 Å². The Balaban J connectivity index is 0.000000139. The quantitative estimate of drug-likeness (QED) is 0.0358. The number of rotatable bonds is 15. The molecule has 14 aliphatic rings. The van der Waals surface area contributed by atoms with Crippen molar-refractivity contribution in [1.82, 2.24) is 0 Å². The molecular weight excluding hydrogens is 1470 g/mol. The molecule has 3 aromatic rings. The van der Waals surface area contributed by atoms with Gasteiger partial charge in [0.25, 0.3) is 0 Å². The highest BCUT2D eigenvalue weighted by molar-refractivity contribution is 5.93. The molecule has 27 atom stereocenters. The summed E-state index contributed by atoms with van der Waals surface area (Å²) in [6, 6.07) is 15.0. The van der Waals surface area contributed by atoms with Crippen molar-refractivity contribution in [2.45, 2.75) is 347 Å². The third-order valence-corrected chi connectivity index (χ3v) is 38.2. The molecule has 0 aromatic heterocycles. The van der Waals surface area contributed by atoms with Crippen LogP contribution in [0.4, 0.5) is 34.1 Å². The number of nitrogen functional groups attached to an aromatic ring is 6. The van der Waals surface area contributed by atoms with Crippen molar-refractivity contribution in [1.29, 1.82) is 0 Å². The SMILES string of the molecule is CC(C)=CCCC(C)C1CCC2(C)C3=C(CCC12C)C1(C)CCC(OC(=O)c2cc(N)cc(N)c2)C(C)(C)C1CC3.CC(C)CCCC(C)C1CCC2C3CC=C4CC(OC(=O)c5cc(N)cc(N)c5)CCC4(C)C3CCC12C.CC1CCC2(OC1)OC1CC3C4CCC5CC(OC(=O)c6cc(N)cc(N)c6)CCC5(C)C4CCC3(C)C1C2C. The van der Waals surface area contributed by atoms with E-state index >= 15 is 0 Å².